The molecule has 0 aromatic carbocycles. The van der Waals surface area contributed by atoms with Crippen molar-refractivity contribution in [3.63, 3.8) is 0 Å². The van der Waals surface area contributed by atoms with Crippen LogP contribution in [0.5, 0.6) is 0 Å². The van der Waals surface area contributed by atoms with Gasteiger partial charge in [0, 0.05) is 18.8 Å². The lowest BCUT2D eigenvalue weighted by Crippen LogP contribution is -2.34. The zero-order valence-corrected chi connectivity index (χ0v) is 7.69. The van der Waals surface area contributed by atoms with E-state index in [-0.39, 0.29) is 18.4 Å². The topological polar surface area (TPSA) is 66.4 Å². The quantitative estimate of drug-likeness (QED) is 0.571. The first-order chi connectivity index (χ1) is 4.95. The largest absolute Gasteiger partial charge is 0.395 e. The molecule has 11 heavy (non-hydrogen) atoms. The molecular weight excluding hydrogens is 166 g/mol. The highest BCUT2D eigenvalue weighted by Crippen LogP contribution is 1.88. The van der Waals surface area contributed by atoms with Crippen LogP contribution in [0.3, 0.4) is 0 Å². The van der Waals surface area contributed by atoms with Gasteiger partial charge in [0.15, 0.2) is 0 Å². The van der Waals surface area contributed by atoms with Gasteiger partial charge in [0.05, 0.1) is 12.4 Å². The zero-order valence-electron chi connectivity index (χ0n) is 6.87. The molecule has 0 heterocycles. The Bertz CT molecular complexity index is 188. The second-order valence-corrected chi connectivity index (χ2v) is 4.86. The van der Waals surface area contributed by atoms with Crippen LogP contribution in [0, 0.1) is 0 Å². The monoisotopic (exact) mass is 181 g/mol. The Morgan fingerprint density at radius 3 is 2.45 bits per heavy atom. The first-order valence-corrected chi connectivity index (χ1v) is 5.53. The Morgan fingerprint density at radius 1 is 1.55 bits per heavy atom. The molecule has 0 rings (SSSR count). The second-order valence-electron chi connectivity index (χ2n) is 2.67. The van der Waals surface area contributed by atoms with Crippen molar-refractivity contribution in [1.29, 1.82) is 0 Å². The number of hydrogen-bond donors (Lipinski definition) is 2. The van der Waals surface area contributed by atoms with Gasteiger partial charge in [0.1, 0.15) is 9.84 Å². The third-order valence-corrected chi connectivity index (χ3v) is 2.26. The minimum absolute atomic E-state index is 0.0358. The second kappa shape index (κ2) is 4.69. The van der Waals surface area contributed by atoms with E-state index in [1.54, 1.807) is 6.92 Å². The molecule has 0 aromatic heterocycles. The predicted octanol–water partition coefficient (Wildman–Crippen LogP) is -0.999. The van der Waals surface area contributed by atoms with Gasteiger partial charge in [-0.25, -0.2) is 8.42 Å². The van der Waals surface area contributed by atoms with Crippen molar-refractivity contribution in [2.75, 3.05) is 25.2 Å². The summed E-state index contributed by atoms with van der Waals surface area (Å²) >= 11 is 0. The van der Waals surface area contributed by atoms with Gasteiger partial charge in [-0.2, -0.15) is 0 Å². The predicted molar refractivity (Wildman–Crippen MR) is 44.3 cm³/mol. The van der Waals surface area contributed by atoms with Crippen LogP contribution in [0.1, 0.15) is 6.92 Å². The normalized spacial score (nSPS) is 14.8. The molecule has 0 saturated heterocycles. The van der Waals surface area contributed by atoms with E-state index in [0.717, 1.165) is 0 Å². The van der Waals surface area contributed by atoms with E-state index in [0.29, 0.717) is 6.54 Å². The van der Waals surface area contributed by atoms with Gasteiger partial charge in [0.25, 0.3) is 0 Å². The van der Waals surface area contributed by atoms with E-state index < -0.39 is 9.84 Å². The van der Waals surface area contributed by atoms with Crippen LogP contribution in [0.4, 0.5) is 0 Å². The fraction of sp³-hybridized carbons (Fsp3) is 1.00. The first kappa shape index (κ1) is 10.9. The van der Waals surface area contributed by atoms with Crippen molar-refractivity contribution in [3.05, 3.63) is 0 Å². The van der Waals surface area contributed by atoms with Crippen LogP contribution in [-0.4, -0.2) is 44.7 Å². The van der Waals surface area contributed by atoms with Crippen molar-refractivity contribution < 1.29 is 13.5 Å². The Hall–Kier alpha value is -0.130. The fourth-order valence-electron chi connectivity index (χ4n) is 0.824. The minimum Gasteiger partial charge on any atom is -0.395 e. The maximum atomic E-state index is 10.7. The van der Waals surface area contributed by atoms with Crippen LogP contribution < -0.4 is 5.32 Å². The Balaban J connectivity index is 3.61. The molecule has 0 aliphatic heterocycles. The minimum atomic E-state index is -2.90. The van der Waals surface area contributed by atoms with Crippen molar-refractivity contribution in [2.24, 2.45) is 0 Å². The van der Waals surface area contributed by atoms with Crippen LogP contribution in [0.25, 0.3) is 0 Å². The molecule has 0 bridgehead atoms. The molecule has 0 aliphatic rings. The zero-order chi connectivity index (χ0) is 8.91. The van der Waals surface area contributed by atoms with Crippen molar-refractivity contribution in [3.8, 4) is 0 Å². The Labute approximate surface area is 67.5 Å². The average molecular weight is 181 g/mol. The smallest absolute Gasteiger partial charge is 0.148 e. The van der Waals surface area contributed by atoms with Gasteiger partial charge in [-0.15, -0.1) is 0 Å². The third-order valence-electron chi connectivity index (χ3n) is 1.16. The first-order valence-electron chi connectivity index (χ1n) is 3.47. The summed E-state index contributed by atoms with van der Waals surface area (Å²) < 4.78 is 21.4. The maximum absolute atomic E-state index is 10.7. The number of rotatable bonds is 5. The Kier molecular flexibility index (Phi) is 4.63. The van der Waals surface area contributed by atoms with Crippen molar-refractivity contribution in [1.82, 2.24) is 5.32 Å². The van der Waals surface area contributed by atoms with Crippen molar-refractivity contribution >= 4 is 9.84 Å². The molecule has 0 aromatic rings. The van der Waals surface area contributed by atoms with Crippen LogP contribution in [0.15, 0.2) is 0 Å². The van der Waals surface area contributed by atoms with Gasteiger partial charge in [0.2, 0.25) is 0 Å². The van der Waals surface area contributed by atoms with Gasteiger partial charge >= 0.3 is 0 Å². The average Bonchev–Trinajstić information content (AvgIpc) is 1.79. The molecule has 1 atom stereocenters. The summed E-state index contributed by atoms with van der Waals surface area (Å²) in [5, 5.41) is 11.3. The summed E-state index contributed by atoms with van der Waals surface area (Å²) in [6, 6.07) is -0.0860. The van der Waals surface area contributed by atoms with Crippen LogP contribution in [-0.2, 0) is 9.84 Å². The van der Waals surface area contributed by atoms with Crippen LogP contribution >= 0.6 is 0 Å². The van der Waals surface area contributed by atoms with E-state index in [9.17, 15) is 8.42 Å². The molecule has 0 amide bonds. The summed E-state index contributed by atoms with van der Waals surface area (Å²) in [6.45, 7) is 2.25. The number of nitrogens with one attached hydrogen (secondary N) is 1. The molecule has 68 valence electrons. The summed E-state index contributed by atoms with van der Waals surface area (Å²) in [5.74, 6) is 0.118. The Morgan fingerprint density at radius 2 is 2.09 bits per heavy atom. The molecule has 1 unspecified atom stereocenters. The highest BCUT2D eigenvalue weighted by molar-refractivity contribution is 7.90. The van der Waals surface area contributed by atoms with E-state index in [2.05, 4.69) is 5.32 Å². The molecule has 0 radical (unpaired) electrons. The van der Waals surface area contributed by atoms with Gasteiger partial charge in [-0.05, 0) is 6.92 Å². The fourth-order valence-corrected chi connectivity index (χ4v) is 1.85. The lowest BCUT2D eigenvalue weighted by Gasteiger charge is -2.10. The summed E-state index contributed by atoms with van der Waals surface area (Å²) in [5.41, 5.74) is 0. The van der Waals surface area contributed by atoms with Gasteiger partial charge < -0.3 is 10.4 Å². The standard InChI is InChI=1S/C6H15NO3S/c1-6(7-3-4-8)5-11(2,9)10/h6-8H,3-5H2,1-2H3. The van der Waals surface area contributed by atoms with E-state index >= 15 is 0 Å². The summed E-state index contributed by atoms with van der Waals surface area (Å²) in [4.78, 5) is 0. The van der Waals surface area contributed by atoms with E-state index in [1.807, 2.05) is 0 Å². The highest BCUT2D eigenvalue weighted by atomic mass is 32.2. The van der Waals surface area contributed by atoms with E-state index in [4.69, 9.17) is 5.11 Å². The number of aliphatic hydroxyl groups excluding tert-OH is 1. The number of aliphatic hydroxyl groups is 1. The van der Waals surface area contributed by atoms with Gasteiger partial charge in [-0.3, -0.25) is 0 Å². The molecule has 0 fully saturated rings. The number of sulfone groups is 1. The van der Waals surface area contributed by atoms with Crippen LogP contribution in [0.2, 0.25) is 0 Å². The molecule has 0 aliphatic carbocycles. The summed E-state index contributed by atoms with van der Waals surface area (Å²) in [6.07, 6.45) is 1.20. The van der Waals surface area contributed by atoms with Gasteiger partial charge in [-0.1, -0.05) is 0 Å². The molecular formula is C6H15NO3S. The molecule has 4 nitrogen and oxygen atoms in total. The molecule has 0 saturated carbocycles. The lowest BCUT2D eigenvalue weighted by atomic mass is 10.4. The highest BCUT2D eigenvalue weighted by Gasteiger charge is 2.08. The lowest BCUT2D eigenvalue weighted by molar-refractivity contribution is 0.287. The molecule has 5 heteroatoms. The SMILES string of the molecule is CC(CS(C)(=O)=O)NCCO. The molecule has 2 N–H and O–H groups in total. The number of hydrogen-bond acceptors (Lipinski definition) is 4. The maximum Gasteiger partial charge on any atom is 0.148 e. The van der Waals surface area contributed by atoms with Crippen molar-refractivity contribution in [2.45, 2.75) is 13.0 Å². The third kappa shape index (κ3) is 7.77. The summed E-state index contributed by atoms with van der Waals surface area (Å²) in [7, 11) is -2.90. The van der Waals surface area contributed by atoms with E-state index in [1.165, 1.54) is 6.26 Å². The molecule has 0 spiro atoms.